The molecule has 1 unspecified atom stereocenters. The van der Waals surface area contributed by atoms with Gasteiger partial charge in [-0.3, -0.25) is 0 Å². The Morgan fingerprint density at radius 3 is 2.67 bits per heavy atom. The van der Waals surface area contributed by atoms with E-state index in [1.54, 1.807) is 12.1 Å². The zero-order valence-corrected chi connectivity index (χ0v) is 10.3. The highest BCUT2D eigenvalue weighted by Crippen LogP contribution is 2.26. The number of ether oxygens (including phenoxy) is 1. The van der Waals surface area contributed by atoms with Crippen molar-refractivity contribution in [1.29, 1.82) is 0 Å². The summed E-state index contributed by atoms with van der Waals surface area (Å²) in [7, 11) is 0. The molecule has 1 N–H and O–H groups in total. The van der Waals surface area contributed by atoms with Crippen LogP contribution in [0.1, 0.15) is 25.5 Å². The molecule has 15 heavy (non-hydrogen) atoms. The van der Waals surface area contributed by atoms with E-state index in [0.717, 1.165) is 0 Å². The normalized spacial score (nSPS) is 13.2. The van der Waals surface area contributed by atoms with Crippen LogP contribution in [0.15, 0.2) is 22.7 Å². The minimum absolute atomic E-state index is 0.0187. The third-order valence-corrected chi connectivity index (χ3v) is 2.61. The molecule has 0 bridgehead atoms. The van der Waals surface area contributed by atoms with E-state index >= 15 is 0 Å². The summed E-state index contributed by atoms with van der Waals surface area (Å²) in [6.45, 7) is 3.82. The second-order valence-corrected chi connectivity index (χ2v) is 4.39. The van der Waals surface area contributed by atoms with Crippen LogP contribution in [0.2, 0.25) is 0 Å². The SMILES string of the molecule is CC(C)OCC(O)c1c(F)cccc1Br. The molecule has 4 heteroatoms. The molecular weight excluding hydrogens is 263 g/mol. The van der Waals surface area contributed by atoms with Crippen molar-refractivity contribution in [2.45, 2.75) is 26.1 Å². The minimum Gasteiger partial charge on any atom is -0.386 e. The maximum Gasteiger partial charge on any atom is 0.130 e. The molecule has 1 aromatic rings. The summed E-state index contributed by atoms with van der Waals surface area (Å²) in [6, 6.07) is 4.59. The fourth-order valence-electron chi connectivity index (χ4n) is 1.20. The summed E-state index contributed by atoms with van der Waals surface area (Å²) in [4.78, 5) is 0. The molecule has 0 fully saturated rings. The van der Waals surface area contributed by atoms with Crippen LogP contribution in [0.5, 0.6) is 0 Å². The van der Waals surface area contributed by atoms with Crippen LogP contribution in [0.4, 0.5) is 4.39 Å². The molecule has 1 atom stereocenters. The molecule has 0 aliphatic carbocycles. The molecule has 0 aliphatic rings. The van der Waals surface area contributed by atoms with E-state index in [9.17, 15) is 9.50 Å². The Morgan fingerprint density at radius 1 is 1.47 bits per heavy atom. The highest BCUT2D eigenvalue weighted by atomic mass is 79.9. The third-order valence-electron chi connectivity index (χ3n) is 1.92. The number of hydrogen-bond donors (Lipinski definition) is 1. The molecule has 0 aromatic heterocycles. The lowest BCUT2D eigenvalue weighted by Gasteiger charge is -2.15. The number of hydrogen-bond acceptors (Lipinski definition) is 2. The highest BCUT2D eigenvalue weighted by Gasteiger charge is 2.16. The maximum atomic E-state index is 13.4. The molecule has 0 spiro atoms. The Morgan fingerprint density at radius 2 is 2.13 bits per heavy atom. The van der Waals surface area contributed by atoms with Crippen molar-refractivity contribution < 1.29 is 14.2 Å². The molecule has 0 saturated heterocycles. The average Bonchev–Trinajstić information content (AvgIpc) is 2.14. The van der Waals surface area contributed by atoms with Gasteiger partial charge in [0.05, 0.1) is 12.7 Å². The smallest absolute Gasteiger partial charge is 0.130 e. The lowest BCUT2D eigenvalue weighted by molar-refractivity contribution is 0.00330. The lowest BCUT2D eigenvalue weighted by Crippen LogP contribution is -2.13. The third kappa shape index (κ3) is 3.55. The van der Waals surface area contributed by atoms with Gasteiger partial charge in [-0.2, -0.15) is 0 Å². The Hall–Kier alpha value is -0.450. The van der Waals surface area contributed by atoms with Crippen LogP contribution < -0.4 is 0 Å². The molecule has 84 valence electrons. The lowest BCUT2D eigenvalue weighted by atomic mass is 10.1. The fraction of sp³-hybridized carbons (Fsp3) is 0.455. The van der Waals surface area contributed by atoms with Gasteiger partial charge in [0, 0.05) is 10.0 Å². The number of halogens is 2. The standard InChI is InChI=1S/C11H14BrFO2/c1-7(2)15-6-10(14)11-8(12)4-3-5-9(11)13/h3-5,7,10,14H,6H2,1-2H3. The Bertz CT molecular complexity index is 308. The van der Waals surface area contributed by atoms with Crippen LogP contribution in [-0.4, -0.2) is 17.8 Å². The Balaban J connectivity index is 2.77. The van der Waals surface area contributed by atoms with Gasteiger partial charge < -0.3 is 9.84 Å². The van der Waals surface area contributed by atoms with Gasteiger partial charge in [0.2, 0.25) is 0 Å². The van der Waals surface area contributed by atoms with Gasteiger partial charge in [0.1, 0.15) is 11.9 Å². The molecular formula is C11H14BrFO2. The number of benzene rings is 1. The Kier molecular flexibility index (Phi) is 4.70. The van der Waals surface area contributed by atoms with Crippen molar-refractivity contribution >= 4 is 15.9 Å². The van der Waals surface area contributed by atoms with Gasteiger partial charge in [-0.15, -0.1) is 0 Å². The Labute approximate surface area is 97.2 Å². The van der Waals surface area contributed by atoms with Crippen LogP contribution >= 0.6 is 15.9 Å². The first kappa shape index (κ1) is 12.6. The van der Waals surface area contributed by atoms with E-state index in [0.29, 0.717) is 4.47 Å². The number of aliphatic hydroxyl groups excluding tert-OH is 1. The summed E-state index contributed by atoms with van der Waals surface area (Å²) >= 11 is 3.20. The monoisotopic (exact) mass is 276 g/mol. The van der Waals surface area contributed by atoms with E-state index in [4.69, 9.17) is 4.74 Å². The van der Waals surface area contributed by atoms with Gasteiger partial charge in [0.25, 0.3) is 0 Å². The van der Waals surface area contributed by atoms with E-state index in [1.807, 2.05) is 13.8 Å². The first-order valence-corrected chi connectivity index (χ1v) is 5.55. The van der Waals surface area contributed by atoms with Crippen LogP contribution in [0.3, 0.4) is 0 Å². The molecule has 2 nitrogen and oxygen atoms in total. The average molecular weight is 277 g/mol. The van der Waals surface area contributed by atoms with Crippen molar-refractivity contribution in [3.8, 4) is 0 Å². The predicted octanol–water partition coefficient (Wildman–Crippen LogP) is 3.05. The highest BCUT2D eigenvalue weighted by molar-refractivity contribution is 9.10. The molecule has 0 aliphatic heterocycles. The number of aliphatic hydroxyl groups is 1. The van der Waals surface area contributed by atoms with E-state index in [1.165, 1.54) is 6.07 Å². The first-order chi connectivity index (χ1) is 7.02. The fourth-order valence-corrected chi connectivity index (χ4v) is 1.80. The quantitative estimate of drug-likeness (QED) is 0.916. The molecule has 0 amide bonds. The van der Waals surface area contributed by atoms with Crippen molar-refractivity contribution in [3.63, 3.8) is 0 Å². The summed E-state index contributed by atoms with van der Waals surface area (Å²) < 4.78 is 19.2. The van der Waals surface area contributed by atoms with Gasteiger partial charge in [0.15, 0.2) is 0 Å². The van der Waals surface area contributed by atoms with Crippen molar-refractivity contribution in [3.05, 3.63) is 34.1 Å². The molecule has 1 aromatic carbocycles. The zero-order valence-electron chi connectivity index (χ0n) is 8.71. The maximum absolute atomic E-state index is 13.4. The van der Waals surface area contributed by atoms with Gasteiger partial charge in [-0.05, 0) is 26.0 Å². The zero-order chi connectivity index (χ0) is 11.4. The number of rotatable bonds is 4. The summed E-state index contributed by atoms with van der Waals surface area (Å²) in [5, 5.41) is 9.74. The topological polar surface area (TPSA) is 29.5 Å². The minimum atomic E-state index is -0.942. The van der Waals surface area contributed by atoms with E-state index in [-0.39, 0.29) is 18.3 Å². The largest absolute Gasteiger partial charge is 0.386 e. The van der Waals surface area contributed by atoms with Crippen LogP contribution in [0, 0.1) is 5.82 Å². The van der Waals surface area contributed by atoms with Gasteiger partial charge in [-0.25, -0.2) is 4.39 Å². The van der Waals surface area contributed by atoms with Crippen LogP contribution in [-0.2, 0) is 4.74 Å². The van der Waals surface area contributed by atoms with Crippen molar-refractivity contribution in [1.82, 2.24) is 0 Å². The summed E-state index contributed by atoms with van der Waals surface area (Å²) in [5.74, 6) is -0.427. The molecule has 0 saturated carbocycles. The summed E-state index contributed by atoms with van der Waals surface area (Å²) in [5.41, 5.74) is 0.248. The van der Waals surface area contributed by atoms with E-state index in [2.05, 4.69) is 15.9 Å². The molecule has 0 heterocycles. The van der Waals surface area contributed by atoms with Crippen molar-refractivity contribution in [2.24, 2.45) is 0 Å². The predicted molar refractivity (Wildman–Crippen MR) is 60.1 cm³/mol. The van der Waals surface area contributed by atoms with Gasteiger partial charge in [-0.1, -0.05) is 22.0 Å². The van der Waals surface area contributed by atoms with Crippen molar-refractivity contribution in [2.75, 3.05) is 6.61 Å². The van der Waals surface area contributed by atoms with Gasteiger partial charge >= 0.3 is 0 Å². The second-order valence-electron chi connectivity index (χ2n) is 3.53. The molecule has 0 radical (unpaired) electrons. The molecule has 1 rings (SSSR count). The first-order valence-electron chi connectivity index (χ1n) is 4.76. The van der Waals surface area contributed by atoms with E-state index < -0.39 is 11.9 Å². The van der Waals surface area contributed by atoms with Crippen LogP contribution in [0.25, 0.3) is 0 Å². The summed E-state index contributed by atoms with van der Waals surface area (Å²) in [6.07, 6.45) is -0.923. The second kappa shape index (κ2) is 5.58.